The van der Waals surface area contributed by atoms with E-state index in [0.717, 1.165) is 28.3 Å². The molecular weight excluding hydrogens is 444 g/mol. The molecule has 3 aromatic rings. The van der Waals surface area contributed by atoms with Gasteiger partial charge in [0.25, 0.3) is 10.0 Å². The van der Waals surface area contributed by atoms with Gasteiger partial charge in [0.05, 0.1) is 23.7 Å². The van der Waals surface area contributed by atoms with Crippen molar-refractivity contribution in [2.24, 2.45) is 5.92 Å². The number of nitrogens with one attached hydrogen (secondary N) is 2. The predicted octanol–water partition coefficient (Wildman–Crippen LogP) is 5.98. The molecule has 3 aromatic carbocycles. The highest BCUT2D eigenvalue weighted by atomic mass is 35.5. The normalized spacial score (nSPS) is 21.4. The Hall–Kier alpha value is -2.96. The maximum absolute atomic E-state index is 13.2. The number of hydrogen-bond acceptors (Lipinski definition) is 4. The number of hydrogen-bond donors (Lipinski definition) is 2. The molecule has 0 saturated carbocycles. The summed E-state index contributed by atoms with van der Waals surface area (Å²) in [7, 11) is -2.27. The highest BCUT2D eigenvalue weighted by Crippen LogP contribution is 2.51. The van der Waals surface area contributed by atoms with Crippen LogP contribution in [0.5, 0.6) is 5.75 Å². The molecule has 2 aliphatic rings. The second kappa shape index (κ2) is 8.19. The predicted molar refractivity (Wildman–Crippen MR) is 128 cm³/mol. The Morgan fingerprint density at radius 3 is 2.62 bits per heavy atom. The van der Waals surface area contributed by atoms with Crippen LogP contribution in [-0.4, -0.2) is 15.5 Å². The van der Waals surface area contributed by atoms with Gasteiger partial charge in [-0.15, -0.1) is 0 Å². The quantitative estimate of drug-likeness (QED) is 0.454. The number of allylic oxidation sites excluding steroid dienone is 2. The van der Waals surface area contributed by atoms with E-state index in [1.165, 1.54) is 7.11 Å². The number of fused-ring (bicyclic) bond motifs is 3. The maximum atomic E-state index is 13.2. The number of methoxy groups -OCH3 is 1. The standard InChI is InChI=1S/C25H23ClN2O3S/c1-31-24-12-5-4-11-23(24)28-32(29,30)16-13-14-22-20(15-16)17-8-6-9-18(17)25(27-22)19-7-2-3-10-21(19)26/h2-8,10-15,17-18,25,27-28H,9H2,1H3. The first kappa shape index (κ1) is 20.9. The largest absolute Gasteiger partial charge is 0.495 e. The fourth-order valence-corrected chi connectivity index (χ4v) is 6.07. The third kappa shape index (κ3) is 3.63. The number of benzene rings is 3. The number of anilines is 2. The molecule has 0 amide bonds. The van der Waals surface area contributed by atoms with E-state index in [2.05, 4.69) is 28.3 Å². The summed E-state index contributed by atoms with van der Waals surface area (Å²) in [6.07, 6.45) is 5.26. The number of rotatable bonds is 5. The molecule has 3 unspecified atom stereocenters. The number of halogens is 1. The Morgan fingerprint density at radius 2 is 1.81 bits per heavy atom. The van der Waals surface area contributed by atoms with E-state index in [-0.39, 0.29) is 22.8 Å². The zero-order valence-electron chi connectivity index (χ0n) is 17.5. The summed E-state index contributed by atoms with van der Waals surface area (Å²) in [6, 6.07) is 20.2. The van der Waals surface area contributed by atoms with E-state index in [9.17, 15) is 8.42 Å². The highest BCUT2D eigenvalue weighted by molar-refractivity contribution is 7.92. The second-order valence-corrected chi connectivity index (χ2v) is 10.1. The number of para-hydroxylation sites is 2. The van der Waals surface area contributed by atoms with Gasteiger partial charge in [-0.2, -0.15) is 0 Å². The molecule has 2 N–H and O–H groups in total. The molecule has 5 nitrogen and oxygen atoms in total. The van der Waals surface area contributed by atoms with Crippen LogP contribution in [0.3, 0.4) is 0 Å². The summed E-state index contributed by atoms with van der Waals surface area (Å²) < 4.78 is 34.2. The van der Waals surface area contributed by atoms with Gasteiger partial charge in [0.2, 0.25) is 0 Å². The van der Waals surface area contributed by atoms with Crippen molar-refractivity contribution >= 4 is 33.0 Å². The van der Waals surface area contributed by atoms with Crippen molar-refractivity contribution < 1.29 is 13.2 Å². The Labute approximate surface area is 193 Å². The molecule has 5 rings (SSSR count). The molecule has 0 bridgehead atoms. The third-order valence-electron chi connectivity index (χ3n) is 6.24. The molecule has 1 heterocycles. The van der Waals surface area contributed by atoms with Gasteiger partial charge in [-0.25, -0.2) is 8.42 Å². The van der Waals surface area contributed by atoms with Crippen molar-refractivity contribution in [2.75, 3.05) is 17.1 Å². The smallest absolute Gasteiger partial charge is 0.262 e. The van der Waals surface area contributed by atoms with Gasteiger partial charge in [0.15, 0.2) is 0 Å². The summed E-state index contributed by atoms with van der Waals surface area (Å²) in [5, 5.41) is 4.35. The van der Waals surface area contributed by atoms with Crippen LogP contribution in [0.2, 0.25) is 5.02 Å². The molecule has 1 aliphatic heterocycles. The van der Waals surface area contributed by atoms with Crippen LogP contribution in [0.4, 0.5) is 11.4 Å². The van der Waals surface area contributed by atoms with Crippen LogP contribution in [0.1, 0.15) is 29.5 Å². The van der Waals surface area contributed by atoms with Gasteiger partial charge < -0.3 is 10.1 Å². The summed E-state index contributed by atoms with van der Waals surface area (Å²) in [5.41, 5.74) is 3.38. The molecule has 3 atom stereocenters. The second-order valence-electron chi connectivity index (χ2n) is 8.05. The fourth-order valence-electron chi connectivity index (χ4n) is 4.71. The first-order valence-corrected chi connectivity index (χ1v) is 12.3. The van der Waals surface area contributed by atoms with Crippen molar-refractivity contribution in [3.8, 4) is 5.75 Å². The van der Waals surface area contributed by atoms with E-state index in [0.29, 0.717) is 11.4 Å². The van der Waals surface area contributed by atoms with E-state index < -0.39 is 10.0 Å². The van der Waals surface area contributed by atoms with Crippen LogP contribution < -0.4 is 14.8 Å². The van der Waals surface area contributed by atoms with Crippen LogP contribution in [-0.2, 0) is 10.0 Å². The molecule has 0 saturated heterocycles. The fraction of sp³-hybridized carbons (Fsp3) is 0.200. The topological polar surface area (TPSA) is 67.4 Å². The lowest BCUT2D eigenvalue weighted by molar-refractivity contribution is 0.417. The van der Waals surface area contributed by atoms with E-state index >= 15 is 0 Å². The molecule has 164 valence electrons. The van der Waals surface area contributed by atoms with Crippen molar-refractivity contribution in [2.45, 2.75) is 23.3 Å². The summed E-state index contributed by atoms with van der Waals surface area (Å²) >= 11 is 6.50. The first-order valence-electron chi connectivity index (χ1n) is 10.5. The average Bonchev–Trinajstić information content (AvgIpc) is 3.29. The minimum Gasteiger partial charge on any atom is -0.495 e. The Kier molecular flexibility index (Phi) is 5.35. The minimum absolute atomic E-state index is 0.0605. The van der Waals surface area contributed by atoms with E-state index in [1.54, 1.807) is 36.4 Å². The van der Waals surface area contributed by atoms with Crippen molar-refractivity contribution in [1.29, 1.82) is 0 Å². The van der Waals surface area contributed by atoms with Crippen LogP contribution >= 0.6 is 11.6 Å². The molecular formula is C25H23ClN2O3S. The lowest BCUT2D eigenvalue weighted by atomic mass is 9.77. The van der Waals surface area contributed by atoms with E-state index in [4.69, 9.17) is 16.3 Å². The average molecular weight is 467 g/mol. The highest BCUT2D eigenvalue weighted by Gasteiger charge is 2.39. The van der Waals surface area contributed by atoms with Gasteiger partial charge in [-0.05, 0) is 59.9 Å². The zero-order valence-corrected chi connectivity index (χ0v) is 19.0. The van der Waals surface area contributed by atoms with Crippen LogP contribution in [0, 0.1) is 5.92 Å². The Bertz CT molecular complexity index is 1310. The summed E-state index contributed by atoms with van der Waals surface area (Å²) in [5.74, 6) is 0.855. The zero-order chi connectivity index (χ0) is 22.3. The Morgan fingerprint density at radius 1 is 1.03 bits per heavy atom. The minimum atomic E-state index is -3.78. The van der Waals surface area contributed by atoms with Crippen LogP contribution in [0.15, 0.2) is 83.8 Å². The summed E-state index contributed by atoms with van der Waals surface area (Å²) in [4.78, 5) is 0.221. The SMILES string of the molecule is COc1ccccc1NS(=O)(=O)c1ccc2c(c1)C1C=CCC1C(c1ccccc1Cl)N2. The molecule has 0 fully saturated rings. The van der Waals surface area contributed by atoms with E-state index in [1.807, 2.05) is 24.3 Å². The number of sulfonamides is 1. The Balaban J connectivity index is 1.51. The van der Waals surface area contributed by atoms with Gasteiger partial charge in [0.1, 0.15) is 5.75 Å². The molecule has 0 aromatic heterocycles. The van der Waals surface area contributed by atoms with Gasteiger partial charge in [0, 0.05) is 16.6 Å². The van der Waals surface area contributed by atoms with Crippen molar-refractivity contribution in [1.82, 2.24) is 0 Å². The number of ether oxygens (including phenoxy) is 1. The van der Waals surface area contributed by atoms with Gasteiger partial charge >= 0.3 is 0 Å². The first-order chi connectivity index (χ1) is 15.5. The van der Waals surface area contributed by atoms with Crippen molar-refractivity contribution in [3.05, 3.63) is 95.0 Å². The van der Waals surface area contributed by atoms with Crippen molar-refractivity contribution in [3.63, 3.8) is 0 Å². The molecule has 1 aliphatic carbocycles. The molecule has 7 heteroatoms. The maximum Gasteiger partial charge on any atom is 0.262 e. The summed E-state index contributed by atoms with van der Waals surface area (Å²) in [6.45, 7) is 0. The molecule has 32 heavy (non-hydrogen) atoms. The lowest BCUT2D eigenvalue weighted by Gasteiger charge is -2.38. The third-order valence-corrected chi connectivity index (χ3v) is 7.94. The van der Waals surface area contributed by atoms with Crippen LogP contribution in [0.25, 0.3) is 0 Å². The lowest BCUT2D eigenvalue weighted by Crippen LogP contribution is -2.29. The monoisotopic (exact) mass is 466 g/mol. The van der Waals surface area contributed by atoms with Gasteiger partial charge in [-0.1, -0.05) is 54.1 Å². The molecule has 0 radical (unpaired) electrons. The molecule has 0 spiro atoms. The van der Waals surface area contributed by atoms with Gasteiger partial charge in [-0.3, -0.25) is 4.72 Å².